The summed E-state index contributed by atoms with van der Waals surface area (Å²) < 4.78 is 0. The van der Waals surface area contributed by atoms with Crippen molar-refractivity contribution in [3.8, 4) is 0 Å². The number of hydrogen-bond acceptors (Lipinski definition) is 4. The molecule has 7 heteroatoms. The summed E-state index contributed by atoms with van der Waals surface area (Å²) in [4.78, 5) is 38.7. The van der Waals surface area contributed by atoms with E-state index in [0.29, 0.717) is 6.54 Å². The fourth-order valence-electron chi connectivity index (χ4n) is 5.09. The fraction of sp³-hybridized carbons (Fsp3) is 0.722. The standard InChI is InChI=1S/C18H25N3O3.ClH/c19-13-3-1-2-12(9-13)16(22)20-6-7-21-17(23)14-10-4-5-11(8-10)15(14)18(21)24;/h4-5,10-15H,1-3,6-9,19H2,(H,20,22);1H. The van der Waals surface area contributed by atoms with E-state index < -0.39 is 0 Å². The first-order valence-electron chi connectivity index (χ1n) is 9.13. The molecule has 6 nitrogen and oxygen atoms in total. The molecule has 3 aliphatic carbocycles. The minimum atomic E-state index is -0.153. The van der Waals surface area contributed by atoms with E-state index in [9.17, 15) is 14.4 Å². The summed E-state index contributed by atoms with van der Waals surface area (Å²) in [5, 5.41) is 2.89. The summed E-state index contributed by atoms with van der Waals surface area (Å²) in [6.07, 6.45) is 8.70. The number of imide groups is 1. The van der Waals surface area contributed by atoms with Crippen molar-refractivity contribution >= 4 is 30.1 Å². The Hall–Kier alpha value is -1.40. The maximum atomic E-state index is 12.5. The van der Waals surface area contributed by atoms with E-state index >= 15 is 0 Å². The van der Waals surface area contributed by atoms with Gasteiger partial charge in [0.2, 0.25) is 17.7 Å². The largest absolute Gasteiger partial charge is 0.354 e. The highest BCUT2D eigenvalue weighted by Crippen LogP contribution is 2.52. The van der Waals surface area contributed by atoms with Crippen LogP contribution >= 0.6 is 12.4 Å². The molecule has 0 aromatic rings. The first-order valence-corrected chi connectivity index (χ1v) is 9.13. The van der Waals surface area contributed by atoms with Crippen LogP contribution in [0.4, 0.5) is 0 Å². The lowest BCUT2D eigenvalue weighted by Gasteiger charge is -2.26. The van der Waals surface area contributed by atoms with Gasteiger partial charge in [0.15, 0.2) is 0 Å². The van der Waals surface area contributed by atoms with Gasteiger partial charge in [0.05, 0.1) is 11.8 Å². The Bertz CT molecular complexity index is 578. The van der Waals surface area contributed by atoms with Gasteiger partial charge in [0.25, 0.3) is 0 Å². The average molecular weight is 368 g/mol. The van der Waals surface area contributed by atoms with Gasteiger partial charge in [-0.15, -0.1) is 12.4 Å². The quantitative estimate of drug-likeness (QED) is 0.569. The molecule has 0 radical (unpaired) electrons. The highest BCUT2D eigenvalue weighted by Gasteiger charge is 2.58. The summed E-state index contributed by atoms with van der Waals surface area (Å²) in [7, 11) is 0. The van der Waals surface area contributed by atoms with Crippen LogP contribution in [-0.4, -0.2) is 41.8 Å². The smallest absolute Gasteiger partial charge is 0.233 e. The third-order valence-electron chi connectivity index (χ3n) is 6.28. The first-order chi connectivity index (χ1) is 11.6. The number of allylic oxidation sites excluding steroid dienone is 2. The van der Waals surface area contributed by atoms with E-state index in [-0.39, 0.29) is 72.3 Å². The van der Waals surface area contributed by atoms with Crippen LogP contribution in [0.1, 0.15) is 32.1 Å². The van der Waals surface area contributed by atoms with Crippen LogP contribution in [0.5, 0.6) is 0 Å². The molecule has 138 valence electrons. The number of hydrogen-bond donors (Lipinski definition) is 2. The Balaban J connectivity index is 0.00000182. The lowest BCUT2D eigenvalue weighted by Crippen LogP contribution is -2.43. The Morgan fingerprint density at radius 3 is 2.36 bits per heavy atom. The molecule has 0 aromatic carbocycles. The third-order valence-corrected chi connectivity index (χ3v) is 6.28. The molecule has 1 saturated heterocycles. The number of rotatable bonds is 4. The van der Waals surface area contributed by atoms with Crippen LogP contribution in [0, 0.1) is 29.6 Å². The summed E-state index contributed by atoms with van der Waals surface area (Å²) in [5.41, 5.74) is 5.93. The molecule has 6 unspecified atom stereocenters. The Labute approximate surface area is 154 Å². The van der Waals surface area contributed by atoms with Crippen molar-refractivity contribution in [2.45, 2.75) is 38.1 Å². The van der Waals surface area contributed by atoms with Crippen molar-refractivity contribution in [3.05, 3.63) is 12.2 Å². The van der Waals surface area contributed by atoms with Gasteiger partial charge >= 0.3 is 0 Å². The summed E-state index contributed by atoms with van der Waals surface area (Å²) in [6, 6.07) is 0.110. The molecule has 0 spiro atoms. The molecule has 3 fully saturated rings. The van der Waals surface area contributed by atoms with Gasteiger partial charge in [-0.2, -0.15) is 0 Å². The zero-order valence-corrected chi connectivity index (χ0v) is 15.0. The number of carbonyl (C=O) groups excluding carboxylic acids is 3. The van der Waals surface area contributed by atoms with Crippen LogP contribution in [0.25, 0.3) is 0 Å². The molecule has 2 saturated carbocycles. The molecular weight excluding hydrogens is 342 g/mol. The Kier molecular flexibility index (Phi) is 5.21. The van der Waals surface area contributed by atoms with Gasteiger partial charge in [-0.3, -0.25) is 19.3 Å². The van der Waals surface area contributed by atoms with E-state index in [1.165, 1.54) is 4.90 Å². The van der Waals surface area contributed by atoms with E-state index in [1.807, 2.05) is 0 Å². The molecule has 4 rings (SSSR count). The lowest BCUT2D eigenvalue weighted by atomic mass is 9.85. The first kappa shape index (κ1) is 18.4. The second-order valence-electron chi connectivity index (χ2n) is 7.74. The zero-order chi connectivity index (χ0) is 16.8. The summed E-state index contributed by atoms with van der Waals surface area (Å²) >= 11 is 0. The lowest BCUT2D eigenvalue weighted by molar-refractivity contribution is -0.141. The second kappa shape index (κ2) is 7.08. The zero-order valence-electron chi connectivity index (χ0n) is 14.2. The summed E-state index contributed by atoms with van der Waals surface area (Å²) in [5.74, 6) is 0.0505. The molecule has 4 aliphatic rings. The predicted octanol–water partition coefficient (Wildman–Crippen LogP) is 0.849. The molecule has 1 heterocycles. The summed E-state index contributed by atoms with van der Waals surface area (Å²) in [6.45, 7) is 0.624. The van der Waals surface area contributed by atoms with Crippen LogP contribution in [0.15, 0.2) is 12.2 Å². The number of nitrogens with zero attached hydrogens (tertiary/aromatic N) is 1. The monoisotopic (exact) mass is 367 g/mol. The topological polar surface area (TPSA) is 92.5 Å². The van der Waals surface area contributed by atoms with Crippen LogP contribution < -0.4 is 11.1 Å². The minimum absolute atomic E-state index is 0. The Morgan fingerprint density at radius 1 is 1.12 bits per heavy atom. The normalized spacial score (nSPS) is 38.7. The Morgan fingerprint density at radius 2 is 1.76 bits per heavy atom. The van der Waals surface area contributed by atoms with Gasteiger partial charge in [-0.1, -0.05) is 18.6 Å². The highest BCUT2D eigenvalue weighted by atomic mass is 35.5. The van der Waals surface area contributed by atoms with Crippen molar-refractivity contribution in [1.29, 1.82) is 0 Å². The highest BCUT2D eigenvalue weighted by molar-refractivity contribution is 6.06. The number of nitrogens with two attached hydrogens (primary N) is 1. The fourth-order valence-corrected chi connectivity index (χ4v) is 5.09. The van der Waals surface area contributed by atoms with Gasteiger partial charge in [-0.05, 0) is 37.5 Å². The van der Waals surface area contributed by atoms with Gasteiger partial charge in [-0.25, -0.2) is 0 Å². The van der Waals surface area contributed by atoms with Crippen molar-refractivity contribution < 1.29 is 14.4 Å². The van der Waals surface area contributed by atoms with E-state index in [0.717, 1.165) is 32.1 Å². The number of likely N-dealkylation sites (tertiary alicyclic amines) is 1. The molecule has 1 aliphatic heterocycles. The van der Waals surface area contributed by atoms with Gasteiger partial charge in [0.1, 0.15) is 0 Å². The van der Waals surface area contributed by atoms with Gasteiger partial charge in [0, 0.05) is 25.0 Å². The molecule has 0 aromatic heterocycles. The average Bonchev–Trinajstić information content (AvgIpc) is 3.24. The number of carbonyl (C=O) groups is 3. The molecule has 3 amide bonds. The molecule has 6 atom stereocenters. The number of nitrogens with one attached hydrogen (secondary N) is 1. The van der Waals surface area contributed by atoms with Gasteiger partial charge < -0.3 is 11.1 Å². The third kappa shape index (κ3) is 3.10. The van der Waals surface area contributed by atoms with Crippen LogP contribution in [-0.2, 0) is 14.4 Å². The van der Waals surface area contributed by atoms with E-state index in [4.69, 9.17) is 5.73 Å². The molecular formula is C18H26ClN3O3. The molecule has 25 heavy (non-hydrogen) atoms. The van der Waals surface area contributed by atoms with Crippen molar-refractivity contribution in [2.24, 2.45) is 35.3 Å². The molecule has 3 N–H and O–H groups in total. The maximum absolute atomic E-state index is 12.5. The maximum Gasteiger partial charge on any atom is 0.233 e. The number of fused-ring (bicyclic) bond motifs is 5. The van der Waals surface area contributed by atoms with Crippen molar-refractivity contribution in [1.82, 2.24) is 10.2 Å². The minimum Gasteiger partial charge on any atom is -0.354 e. The second-order valence-corrected chi connectivity index (χ2v) is 7.74. The van der Waals surface area contributed by atoms with Crippen LogP contribution in [0.2, 0.25) is 0 Å². The van der Waals surface area contributed by atoms with E-state index in [1.54, 1.807) is 0 Å². The van der Waals surface area contributed by atoms with Crippen molar-refractivity contribution in [3.63, 3.8) is 0 Å². The molecule has 2 bridgehead atoms. The SMILES string of the molecule is Cl.NC1CCCC(C(=O)NCCN2C(=O)C3C4C=CC(C4)C3C2=O)C1. The number of halogens is 1. The van der Waals surface area contributed by atoms with Crippen molar-refractivity contribution in [2.75, 3.05) is 13.1 Å². The van der Waals surface area contributed by atoms with Crippen LogP contribution in [0.3, 0.4) is 0 Å². The predicted molar refractivity (Wildman–Crippen MR) is 94.6 cm³/mol. The van der Waals surface area contributed by atoms with E-state index in [2.05, 4.69) is 17.5 Å². The number of amides is 3.